The van der Waals surface area contributed by atoms with Crippen LogP contribution in [0.2, 0.25) is 0 Å². The molecule has 2 aromatic rings. The predicted molar refractivity (Wildman–Crippen MR) is 153 cm³/mol. The number of aromatic hydroxyl groups is 1. The number of urea groups is 1. The van der Waals surface area contributed by atoms with Gasteiger partial charge in [0.15, 0.2) is 17.2 Å². The molecule has 0 spiro atoms. The van der Waals surface area contributed by atoms with Gasteiger partial charge in [-0.3, -0.25) is 14.4 Å². The molecule has 0 radical (unpaired) electrons. The van der Waals surface area contributed by atoms with Crippen molar-refractivity contribution in [2.75, 3.05) is 10.6 Å². The van der Waals surface area contributed by atoms with Gasteiger partial charge >= 0.3 is 6.03 Å². The summed E-state index contributed by atoms with van der Waals surface area (Å²) in [6, 6.07) is 11.1. The van der Waals surface area contributed by atoms with Gasteiger partial charge in [-0.25, -0.2) is 4.79 Å². The lowest BCUT2D eigenvalue weighted by atomic mass is 9.39. The Morgan fingerprint density at radius 1 is 1.02 bits per heavy atom. The number of fused-ring (bicyclic) bond motifs is 3. The Kier molecular flexibility index (Phi) is 6.99. The third-order valence-electron chi connectivity index (χ3n) is 9.93. The lowest BCUT2D eigenvalue weighted by Gasteiger charge is -2.66. The molecule has 0 saturated heterocycles. The molecule has 2 unspecified atom stereocenters. The molecule has 11 heteroatoms. The SMILES string of the molecule is CC(C)[C@H]1C(O)[C@@H](C(N)=O)C(=O)[C@]2(O)C(O)[C@H]3C(=O)c4c(ccc(NC(=O)Nc5ccccc5)c4O)C[C@]3(C)C[C@]12C. The molecule has 0 heterocycles. The second-order valence-electron chi connectivity index (χ2n) is 12.9. The zero-order valence-corrected chi connectivity index (χ0v) is 23.9. The largest absolute Gasteiger partial charge is 0.505 e. The molecule has 3 amide bonds. The molecule has 2 aromatic carbocycles. The van der Waals surface area contributed by atoms with E-state index < -0.39 is 75.6 Å². The molecule has 5 rings (SSSR count). The Bertz CT molecular complexity index is 1480. The Labute approximate surface area is 243 Å². The van der Waals surface area contributed by atoms with Gasteiger partial charge < -0.3 is 36.8 Å². The highest BCUT2D eigenvalue weighted by Gasteiger charge is 2.75. The van der Waals surface area contributed by atoms with E-state index in [1.54, 1.807) is 64.1 Å². The van der Waals surface area contributed by atoms with Crippen LogP contribution in [0.3, 0.4) is 0 Å². The number of amides is 3. The quantitative estimate of drug-likeness (QED) is 0.211. The smallest absolute Gasteiger partial charge is 0.323 e. The number of anilines is 2. The van der Waals surface area contributed by atoms with Crippen molar-refractivity contribution in [2.45, 2.75) is 58.3 Å². The van der Waals surface area contributed by atoms with E-state index in [-0.39, 0.29) is 30.0 Å². The molecule has 2 fully saturated rings. The summed E-state index contributed by atoms with van der Waals surface area (Å²) in [5.74, 6) is -7.72. The van der Waals surface area contributed by atoms with Gasteiger partial charge in [0.1, 0.15) is 17.8 Å². The molecule has 8 N–H and O–H groups in total. The number of Topliss-reactive ketones (excluding diaryl/α,β-unsaturated/α-hetero) is 2. The zero-order valence-electron chi connectivity index (χ0n) is 23.9. The Balaban J connectivity index is 1.56. The van der Waals surface area contributed by atoms with Crippen LogP contribution < -0.4 is 16.4 Å². The highest BCUT2D eigenvalue weighted by atomic mass is 16.4. The first-order chi connectivity index (χ1) is 19.6. The van der Waals surface area contributed by atoms with Crippen LogP contribution in [0.1, 0.15) is 50.0 Å². The first-order valence-corrected chi connectivity index (χ1v) is 14.0. The van der Waals surface area contributed by atoms with E-state index in [9.17, 15) is 39.6 Å². The third-order valence-corrected chi connectivity index (χ3v) is 9.93. The maximum atomic E-state index is 14.1. The summed E-state index contributed by atoms with van der Waals surface area (Å²) in [6.07, 6.45) is -3.21. The van der Waals surface area contributed by atoms with E-state index >= 15 is 0 Å². The normalized spacial score (nSPS) is 35.6. The van der Waals surface area contributed by atoms with Gasteiger partial charge in [-0.15, -0.1) is 0 Å². The van der Waals surface area contributed by atoms with Crippen molar-refractivity contribution in [2.24, 2.45) is 40.2 Å². The summed E-state index contributed by atoms with van der Waals surface area (Å²) in [5.41, 5.74) is 1.31. The van der Waals surface area contributed by atoms with Gasteiger partial charge in [-0.1, -0.05) is 52.0 Å². The Morgan fingerprint density at radius 3 is 2.26 bits per heavy atom. The lowest BCUT2D eigenvalue weighted by Crippen LogP contribution is -2.79. The molecule has 8 atom stereocenters. The van der Waals surface area contributed by atoms with Gasteiger partial charge in [-0.2, -0.15) is 0 Å². The molecular weight excluding hydrogens is 542 g/mol. The number of rotatable bonds is 4. The van der Waals surface area contributed by atoms with Crippen LogP contribution in [0.25, 0.3) is 0 Å². The number of nitrogens with one attached hydrogen (secondary N) is 2. The van der Waals surface area contributed by atoms with Crippen molar-refractivity contribution >= 4 is 34.9 Å². The molecule has 11 nitrogen and oxygen atoms in total. The van der Waals surface area contributed by atoms with Gasteiger partial charge in [-0.05, 0) is 53.9 Å². The summed E-state index contributed by atoms with van der Waals surface area (Å²) in [7, 11) is 0. The first-order valence-electron chi connectivity index (χ1n) is 14.0. The lowest BCUT2D eigenvalue weighted by molar-refractivity contribution is -0.265. The van der Waals surface area contributed by atoms with Crippen molar-refractivity contribution in [3.63, 3.8) is 0 Å². The number of hydrogen-bond donors (Lipinski definition) is 7. The monoisotopic (exact) mass is 579 g/mol. The number of benzene rings is 2. The number of aliphatic hydroxyl groups is 3. The molecule has 3 aliphatic rings. The number of hydrogen-bond acceptors (Lipinski definition) is 8. The van der Waals surface area contributed by atoms with E-state index in [2.05, 4.69) is 10.6 Å². The van der Waals surface area contributed by atoms with Gasteiger partial charge in [0.2, 0.25) is 5.91 Å². The van der Waals surface area contributed by atoms with Crippen LogP contribution in [0.15, 0.2) is 42.5 Å². The van der Waals surface area contributed by atoms with Crippen molar-refractivity contribution in [1.82, 2.24) is 0 Å². The minimum Gasteiger partial charge on any atom is -0.505 e. The zero-order chi connectivity index (χ0) is 30.9. The van der Waals surface area contributed by atoms with Crippen molar-refractivity contribution in [3.8, 4) is 5.75 Å². The maximum Gasteiger partial charge on any atom is 0.323 e. The number of phenols is 1. The summed E-state index contributed by atoms with van der Waals surface area (Å²) in [5, 5.41) is 51.5. The number of para-hydroxylation sites is 1. The summed E-state index contributed by atoms with van der Waals surface area (Å²) in [6.45, 7) is 6.96. The van der Waals surface area contributed by atoms with Crippen molar-refractivity contribution in [3.05, 3.63) is 53.6 Å². The molecule has 42 heavy (non-hydrogen) atoms. The Hall–Kier alpha value is -3.80. The van der Waals surface area contributed by atoms with Crippen molar-refractivity contribution in [1.29, 1.82) is 0 Å². The minimum absolute atomic E-state index is 0.0430. The number of nitrogens with two attached hydrogens (primary N) is 1. The van der Waals surface area contributed by atoms with Crippen LogP contribution >= 0.6 is 0 Å². The number of carbonyl (C=O) groups is 4. The fraction of sp³-hybridized carbons (Fsp3) is 0.484. The minimum atomic E-state index is -2.58. The molecule has 0 bridgehead atoms. The number of phenolic OH excluding ortho intramolecular Hbond substituents is 1. The van der Waals surface area contributed by atoms with Gasteiger partial charge in [0.25, 0.3) is 0 Å². The van der Waals surface area contributed by atoms with E-state index in [4.69, 9.17) is 5.73 Å². The fourth-order valence-corrected chi connectivity index (χ4v) is 8.43. The number of aliphatic hydroxyl groups excluding tert-OH is 2. The Morgan fingerprint density at radius 2 is 1.67 bits per heavy atom. The number of primary amides is 1. The highest BCUT2D eigenvalue weighted by Crippen LogP contribution is 2.65. The number of ketones is 2. The van der Waals surface area contributed by atoms with Crippen LogP contribution in [0.4, 0.5) is 16.2 Å². The first kappa shape index (κ1) is 29.7. The average Bonchev–Trinajstić information content (AvgIpc) is 2.88. The highest BCUT2D eigenvalue weighted by molar-refractivity contribution is 6.10. The molecule has 0 aromatic heterocycles. The molecule has 3 aliphatic carbocycles. The molecular formula is C31H37N3O8. The third kappa shape index (κ3) is 4.05. The predicted octanol–water partition coefficient (Wildman–Crippen LogP) is 2.22. The molecule has 2 saturated carbocycles. The van der Waals surface area contributed by atoms with Crippen LogP contribution in [-0.2, 0) is 16.0 Å². The van der Waals surface area contributed by atoms with E-state index in [0.717, 1.165) is 0 Å². The molecule has 224 valence electrons. The second-order valence-corrected chi connectivity index (χ2v) is 12.9. The summed E-state index contributed by atoms with van der Waals surface area (Å²) >= 11 is 0. The van der Waals surface area contributed by atoms with Crippen LogP contribution in [0.5, 0.6) is 5.75 Å². The van der Waals surface area contributed by atoms with Crippen LogP contribution in [-0.4, -0.2) is 61.7 Å². The van der Waals surface area contributed by atoms with E-state index in [0.29, 0.717) is 11.3 Å². The summed E-state index contributed by atoms with van der Waals surface area (Å²) in [4.78, 5) is 52.8. The summed E-state index contributed by atoms with van der Waals surface area (Å²) < 4.78 is 0. The van der Waals surface area contributed by atoms with Crippen LogP contribution in [0, 0.1) is 34.5 Å². The van der Waals surface area contributed by atoms with Crippen molar-refractivity contribution < 1.29 is 39.6 Å². The van der Waals surface area contributed by atoms with Gasteiger partial charge in [0.05, 0.1) is 23.3 Å². The second kappa shape index (κ2) is 9.89. The number of carbonyl (C=O) groups excluding carboxylic acids is 4. The fourth-order valence-electron chi connectivity index (χ4n) is 8.43. The maximum absolute atomic E-state index is 14.1. The topological polar surface area (TPSA) is 199 Å². The molecule has 0 aliphatic heterocycles. The van der Waals surface area contributed by atoms with Gasteiger partial charge in [0, 0.05) is 11.1 Å². The van der Waals surface area contributed by atoms with E-state index in [1.807, 2.05) is 0 Å². The average molecular weight is 580 g/mol. The van der Waals surface area contributed by atoms with E-state index in [1.165, 1.54) is 6.07 Å². The standard InChI is InChI=1S/C31H37N3O8/c1-14(2)20-24(37)19(27(32)40)25(38)31(42)26(39)21-23(36)18-15(12-29(21,3)13-30(20,31)4)10-11-17(22(18)35)34-28(41)33-16-8-6-5-7-9-16/h5-11,14,19-21,24,26,35,37,39,42H,12-13H2,1-4H3,(H2,32,40)(H2,33,34,41)/t19-,20+,21-,24?,26?,29-,30-,31+/m1/s1.